The number of fused-ring (bicyclic) bond motifs is 1. The lowest BCUT2D eigenvalue weighted by molar-refractivity contribution is 0.234. The van der Waals surface area contributed by atoms with Crippen LogP contribution < -0.4 is 5.32 Å². The summed E-state index contributed by atoms with van der Waals surface area (Å²) in [6.07, 6.45) is 1.56. The van der Waals surface area contributed by atoms with E-state index in [-0.39, 0.29) is 6.61 Å². The first-order valence-corrected chi connectivity index (χ1v) is 8.54. The number of hydrogen-bond acceptors (Lipinski definition) is 5. The predicted octanol–water partition coefficient (Wildman–Crippen LogP) is 4.30. The van der Waals surface area contributed by atoms with Crippen molar-refractivity contribution in [1.29, 1.82) is 0 Å². The highest BCUT2D eigenvalue weighted by molar-refractivity contribution is 9.10. The van der Waals surface area contributed by atoms with Gasteiger partial charge in [-0.2, -0.15) is 0 Å². The molecule has 114 valence electrons. The van der Waals surface area contributed by atoms with Gasteiger partial charge >= 0.3 is 0 Å². The Balaban J connectivity index is 2.14. The van der Waals surface area contributed by atoms with Gasteiger partial charge < -0.3 is 10.4 Å². The van der Waals surface area contributed by atoms with Gasteiger partial charge in [-0.05, 0) is 31.5 Å². The van der Waals surface area contributed by atoms with Crippen molar-refractivity contribution >= 4 is 43.3 Å². The molecule has 0 saturated carbocycles. The Morgan fingerprint density at radius 1 is 1.23 bits per heavy atom. The quantitative estimate of drug-likeness (QED) is 0.711. The molecule has 0 spiro atoms. The maximum atomic E-state index is 9.49. The van der Waals surface area contributed by atoms with Gasteiger partial charge in [0.05, 0.1) is 17.5 Å². The van der Waals surface area contributed by atoms with Crippen LogP contribution in [0.2, 0.25) is 0 Å². The summed E-state index contributed by atoms with van der Waals surface area (Å²) in [6.45, 7) is 3.90. The molecule has 0 amide bonds. The minimum Gasteiger partial charge on any atom is -0.394 e. The Labute approximate surface area is 141 Å². The van der Waals surface area contributed by atoms with Gasteiger partial charge in [0.25, 0.3) is 0 Å². The molecule has 0 fully saturated rings. The third-order valence-corrected chi connectivity index (χ3v) is 4.79. The van der Waals surface area contributed by atoms with Crippen LogP contribution in [-0.4, -0.2) is 27.2 Å². The van der Waals surface area contributed by atoms with Crippen LogP contribution in [0.3, 0.4) is 0 Å². The molecular formula is C16H16BrN3OS. The lowest BCUT2D eigenvalue weighted by Crippen LogP contribution is -2.35. The number of benzene rings is 1. The molecule has 2 heterocycles. The minimum absolute atomic E-state index is 0.0241. The highest BCUT2D eigenvalue weighted by Gasteiger charge is 2.20. The van der Waals surface area contributed by atoms with Gasteiger partial charge in [0.15, 0.2) is 0 Å². The van der Waals surface area contributed by atoms with Gasteiger partial charge in [0, 0.05) is 15.4 Å². The van der Waals surface area contributed by atoms with Crippen molar-refractivity contribution in [2.24, 2.45) is 0 Å². The molecule has 0 atom stereocenters. The second-order valence-corrected chi connectivity index (χ2v) is 7.50. The maximum absolute atomic E-state index is 9.49. The molecule has 0 unspecified atom stereocenters. The summed E-state index contributed by atoms with van der Waals surface area (Å²) in [4.78, 5) is 9.67. The first-order valence-electron chi connectivity index (χ1n) is 6.87. The van der Waals surface area contributed by atoms with E-state index in [1.165, 1.54) is 0 Å². The number of aliphatic hydroxyl groups excluding tert-OH is 1. The van der Waals surface area contributed by atoms with Crippen molar-refractivity contribution in [2.75, 3.05) is 11.9 Å². The van der Waals surface area contributed by atoms with E-state index in [0.717, 1.165) is 31.6 Å². The zero-order valence-corrected chi connectivity index (χ0v) is 14.7. The summed E-state index contributed by atoms with van der Waals surface area (Å²) in [7, 11) is 0. The molecule has 2 N–H and O–H groups in total. The number of thiophene rings is 1. The number of anilines is 1. The van der Waals surface area contributed by atoms with E-state index < -0.39 is 5.54 Å². The molecule has 4 nitrogen and oxygen atoms in total. The summed E-state index contributed by atoms with van der Waals surface area (Å²) in [5, 5.41) is 15.9. The molecule has 3 aromatic rings. The van der Waals surface area contributed by atoms with Gasteiger partial charge in [-0.15, -0.1) is 11.3 Å². The Morgan fingerprint density at radius 2 is 1.95 bits per heavy atom. The number of nitrogens with one attached hydrogen (secondary N) is 1. The predicted molar refractivity (Wildman–Crippen MR) is 95.3 cm³/mol. The molecule has 0 bridgehead atoms. The average molecular weight is 378 g/mol. The molecule has 0 aliphatic carbocycles. The number of nitrogens with zero attached hydrogens (tertiary/aromatic N) is 2. The topological polar surface area (TPSA) is 58.0 Å². The zero-order chi connectivity index (χ0) is 15.7. The number of aromatic nitrogens is 2. The minimum atomic E-state index is -0.444. The smallest absolute Gasteiger partial charge is 0.139 e. The average Bonchev–Trinajstić information content (AvgIpc) is 2.93. The van der Waals surface area contributed by atoms with Crippen LogP contribution in [0.1, 0.15) is 13.8 Å². The molecule has 22 heavy (non-hydrogen) atoms. The molecule has 0 saturated heterocycles. The monoisotopic (exact) mass is 377 g/mol. The number of aliphatic hydroxyl groups is 1. The van der Waals surface area contributed by atoms with Crippen molar-refractivity contribution in [3.63, 3.8) is 0 Å². The lowest BCUT2D eigenvalue weighted by atomic mass is 10.0. The van der Waals surface area contributed by atoms with Gasteiger partial charge in [0.2, 0.25) is 0 Å². The summed E-state index contributed by atoms with van der Waals surface area (Å²) in [5.74, 6) is 0.753. The molecule has 2 aromatic heterocycles. The fraction of sp³-hybridized carbons (Fsp3) is 0.250. The summed E-state index contributed by atoms with van der Waals surface area (Å²) in [6, 6.07) is 8.18. The fourth-order valence-electron chi connectivity index (χ4n) is 2.17. The Bertz CT molecular complexity index is 799. The van der Waals surface area contributed by atoms with Crippen LogP contribution in [0.5, 0.6) is 0 Å². The molecule has 6 heteroatoms. The normalized spacial score (nSPS) is 11.8. The second kappa shape index (κ2) is 5.95. The Kier molecular flexibility index (Phi) is 4.16. The van der Waals surface area contributed by atoms with Crippen molar-refractivity contribution in [2.45, 2.75) is 19.4 Å². The highest BCUT2D eigenvalue weighted by atomic mass is 79.9. The van der Waals surface area contributed by atoms with E-state index in [2.05, 4.69) is 48.7 Å². The zero-order valence-electron chi connectivity index (χ0n) is 12.3. The van der Waals surface area contributed by atoms with Crippen molar-refractivity contribution in [1.82, 2.24) is 9.97 Å². The van der Waals surface area contributed by atoms with Gasteiger partial charge in [-0.1, -0.05) is 28.1 Å². The first-order chi connectivity index (χ1) is 10.5. The van der Waals surface area contributed by atoms with E-state index in [1.807, 2.05) is 26.0 Å². The third-order valence-electron chi connectivity index (χ3n) is 3.38. The third kappa shape index (κ3) is 2.99. The largest absolute Gasteiger partial charge is 0.394 e. The number of hydrogen-bond donors (Lipinski definition) is 2. The molecule has 0 radical (unpaired) electrons. The van der Waals surface area contributed by atoms with E-state index >= 15 is 0 Å². The standard InChI is InChI=1S/C16H16BrN3OS/c1-16(2,8-21)20-14-13-12(7-22-15(13)19-9-18-14)10-3-5-11(17)6-4-10/h3-7,9,21H,8H2,1-2H3,(H,18,19,20). The number of halogens is 1. The highest BCUT2D eigenvalue weighted by Crippen LogP contribution is 2.37. The van der Waals surface area contributed by atoms with Crippen LogP contribution in [-0.2, 0) is 0 Å². The van der Waals surface area contributed by atoms with Crippen molar-refractivity contribution in [3.05, 3.63) is 40.4 Å². The van der Waals surface area contributed by atoms with Crippen LogP contribution in [0.25, 0.3) is 21.3 Å². The summed E-state index contributed by atoms with van der Waals surface area (Å²) >= 11 is 5.06. The van der Waals surface area contributed by atoms with Crippen molar-refractivity contribution < 1.29 is 5.11 Å². The van der Waals surface area contributed by atoms with Crippen molar-refractivity contribution in [3.8, 4) is 11.1 Å². The Morgan fingerprint density at radius 3 is 2.64 bits per heavy atom. The number of rotatable bonds is 4. The lowest BCUT2D eigenvalue weighted by Gasteiger charge is -2.24. The second-order valence-electron chi connectivity index (χ2n) is 5.73. The van der Waals surface area contributed by atoms with Gasteiger partial charge in [-0.3, -0.25) is 0 Å². The molecular weight excluding hydrogens is 362 g/mol. The molecule has 0 aliphatic heterocycles. The van der Waals surface area contributed by atoms with E-state index in [0.29, 0.717) is 0 Å². The van der Waals surface area contributed by atoms with Crippen LogP contribution in [0, 0.1) is 0 Å². The SMILES string of the molecule is CC(C)(CO)Nc1ncnc2scc(-c3ccc(Br)cc3)c12. The maximum Gasteiger partial charge on any atom is 0.139 e. The molecule has 3 rings (SSSR count). The first kappa shape index (κ1) is 15.4. The van der Waals surface area contributed by atoms with E-state index in [1.54, 1.807) is 17.7 Å². The van der Waals surface area contributed by atoms with Gasteiger partial charge in [-0.25, -0.2) is 9.97 Å². The van der Waals surface area contributed by atoms with E-state index in [9.17, 15) is 5.11 Å². The fourth-order valence-corrected chi connectivity index (χ4v) is 3.35. The van der Waals surface area contributed by atoms with Gasteiger partial charge in [0.1, 0.15) is 17.0 Å². The Hall–Kier alpha value is -1.50. The van der Waals surface area contributed by atoms with Crippen LogP contribution in [0.15, 0.2) is 40.4 Å². The van der Waals surface area contributed by atoms with Crippen LogP contribution in [0.4, 0.5) is 5.82 Å². The van der Waals surface area contributed by atoms with E-state index in [4.69, 9.17) is 0 Å². The molecule has 1 aromatic carbocycles. The summed E-state index contributed by atoms with van der Waals surface area (Å²) < 4.78 is 1.05. The summed E-state index contributed by atoms with van der Waals surface area (Å²) in [5.41, 5.74) is 1.78. The van der Waals surface area contributed by atoms with Crippen LogP contribution >= 0.6 is 27.3 Å². The molecule has 0 aliphatic rings.